The number of esters is 1. The smallest absolute Gasteiger partial charge is 0.337 e. The molecule has 0 amide bonds. The molecule has 5 aromatic rings. The number of nitrogens with one attached hydrogen (secondary N) is 1. The molecule has 41 heavy (non-hydrogen) atoms. The molecule has 0 aliphatic carbocycles. The number of thiazole rings is 1. The summed E-state index contributed by atoms with van der Waals surface area (Å²) in [7, 11) is -0.912. The van der Waals surface area contributed by atoms with Gasteiger partial charge in [0.25, 0.3) is 0 Å². The number of ether oxygens (including phenoxy) is 3. The number of rotatable bonds is 10. The Morgan fingerprint density at radius 3 is 2.56 bits per heavy atom. The Labute approximate surface area is 239 Å². The Balaban J connectivity index is 1.40. The number of nitrogens with zero attached hydrogens (tertiary/aromatic N) is 3. The molecule has 212 valence electrons. The quantitative estimate of drug-likeness (QED) is 0.181. The standard InChI is InChI=1S/C28H25FN4O6S2/c1-16-10-20(39-9-8-31-41(35,36)21-6-4-18(29)5-7-21)13-24-25(16)33-27(40-24)22-11-17(28(34)38-3)12-23-26(22)30-14-19(32-23)15-37-2/h4-7,10-14,31H,8-9,15H2,1-3H3. The number of methoxy groups -OCH3 is 2. The van der Waals surface area contributed by atoms with Crippen molar-refractivity contribution >= 4 is 48.6 Å². The van der Waals surface area contributed by atoms with Crippen LogP contribution in [0.15, 0.2) is 59.6 Å². The maximum Gasteiger partial charge on any atom is 0.337 e. The molecular formula is C28H25FN4O6S2. The number of hydrogen-bond donors (Lipinski definition) is 1. The molecule has 0 spiro atoms. The highest BCUT2D eigenvalue weighted by atomic mass is 32.2. The second-order valence-electron chi connectivity index (χ2n) is 8.98. The molecule has 0 fully saturated rings. The van der Waals surface area contributed by atoms with Crippen LogP contribution in [0.4, 0.5) is 4.39 Å². The molecule has 2 heterocycles. The van der Waals surface area contributed by atoms with Crippen LogP contribution in [0.25, 0.3) is 31.8 Å². The number of hydrogen-bond acceptors (Lipinski definition) is 10. The molecule has 0 saturated carbocycles. The first-order valence-corrected chi connectivity index (χ1v) is 14.6. The van der Waals surface area contributed by atoms with Crippen molar-refractivity contribution in [3.05, 3.63) is 77.4 Å². The largest absolute Gasteiger partial charge is 0.492 e. The van der Waals surface area contributed by atoms with Gasteiger partial charge in [-0.15, -0.1) is 11.3 Å². The number of benzene rings is 3. The summed E-state index contributed by atoms with van der Waals surface area (Å²) in [5.74, 6) is -0.476. The lowest BCUT2D eigenvalue weighted by Gasteiger charge is -2.09. The summed E-state index contributed by atoms with van der Waals surface area (Å²) in [6, 6.07) is 11.5. The molecule has 0 aliphatic rings. The van der Waals surface area contributed by atoms with E-state index in [-0.39, 0.29) is 24.7 Å². The van der Waals surface area contributed by atoms with E-state index >= 15 is 0 Å². The first-order valence-electron chi connectivity index (χ1n) is 12.3. The minimum Gasteiger partial charge on any atom is -0.492 e. The van der Waals surface area contributed by atoms with Crippen LogP contribution >= 0.6 is 11.3 Å². The molecule has 2 aromatic heterocycles. The van der Waals surface area contributed by atoms with Crippen molar-refractivity contribution in [3.8, 4) is 16.3 Å². The maximum absolute atomic E-state index is 13.1. The first-order chi connectivity index (χ1) is 19.7. The molecule has 0 radical (unpaired) electrons. The van der Waals surface area contributed by atoms with Gasteiger partial charge in [0.15, 0.2) is 0 Å². The lowest BCUT2D eigenvalue weighted by atomic mass is 10.1. The van der Waals surface area contributed by atoms with Crippen molar-refractivity contribution in [3.63, 3.8) is 0 Å². The summed E-state index contributed by atoms with van der Waals surface area (Å²) < 4.78 is 57.2. The molecule has 0 atom stereocenters. The van der Waals surface area contributed by atoms with E-state index in [1.807, 2.05) is 19.1 Å². The number of halogens is 1. The number of carbonyl (C=O) groups excluding carboxylic acids is 1. The van der Waals surface area contributed by atoms with Crippen LogP contribution in [0.3, 0.4) is 0 Å². The van der Waals surface area contributed by atoms with E-state index in [2.05, 4.69) is 14.7 Å². The van der Waals surface area contributed by atoms with Crippen LogP contribution in [0.2, 0.25) is 0 Å². The van der Waals surface area contributed by atoms with E-state index in [9.17, 15) is 17.6 Å². The molecule has 0 saturated heterocycles. The van der Waals surface area contributed by atoms with Gasteiger partial charge in [0, 0.05) is 19.2 Å². The van der Waals surface area contributed by atoms with Gasteiger partial charge in [-0.05, 0) is 61.0 Å². The van der Waals surface area contributed by atoms with Crippen molar-refractivity contribution in [1.82, 2.24) is 19.7 Å². The van der Waals surface area contributed by atoms with Gasteiger partial charge >= 0.3 is 5.97 Å². The van der Waals surface area contributed by atoms with E-state index < -0.39 is 21.8 Å². The van der Waals surface area contributed by atoms with E-state index in [1.54, 1.807) is 25.4 Å². The van der Waals surface area contributed by atoms with E-state index in [0.717, 1.165) is 27.9 Å². The van der Waals surface area contributed by atoms with Crippen LogP contribution in [0.1, 0.15) is 21.6 Å². The minimum atomic E-state index is -3.79. The third kappa shape index (κ3) is 6.17. The monoisotopic (exact) mass is 596 g/mol. The molecule has 0 aliphatic heterocycles. The molecular weight excluding hydrogens is 571 g/mol. The normalized spacial score (nSPS) is 11.7. The molecule has 10 nitrogen and oxygen atoms in total. The highest BCUT2D eigenvalue weighted by Gasteiger charge is 2.19. The summed E-state index contributed by atoms with van der Waals surface area (Å²) in [5.41, 5.74) is 4.29. The van der Waals surface area contributed by atoms with Gasteiger partial charge in [0.2, 0.25) is 10.0 Å². The molecule has 1 N–H and O–H groups in total. The summed E-state index contributed by atoms with van der Waals surface area (Å²) in [6.45, 7) is 2.26. The molecule has 0 unspecified atom stereocenters. The van der Waals surface area contributed by atoms with Crippen LogP contribution in [-0.2, 0) is 26.1 Å². The van der Waals surface area contributed by atoms with Crippen molar-refractivity contribution in [2.45, 2.75) is 18.4 Å². The van der Waals surface area contributed by atoms with Gasteiger partial charge in [-0.25, -0.2) is 32.3 Å². The average molecular weight is 597 g/mol. The number of carbonyl (C=O) groups is 1. The fraction of sp³-hybridized carbons (Fsp3) is 0.214. The van der Waals surface area contributed by atoms with E-state index in [4.69, 9.17) is 19.2 Å². The predicted molar refractivity (Wildman–Crippen MR) is 152 cm³/mol. The van der Waals surface area contributed by atoms with Crippen molar-refractivity contribution in [1.29, 1.82) is 0 Å². The van der Waals surface area contributed by atoms with Gasteiger partial charge in [-0.2, -0.15) is 0 Å². The third-order valence-corrected chi connectivity index (χ3v) is 8.60. The SMILES string of the molecule is COCc1cnc2c(-c3nc4c(C)cc(OCCNS(=O)(=O)c5ccc(F)cc5)cc4s3)cc(C(=O)OC)cc2n1. The number of aryl methyl sites for hydroxylation is 1. The zero-order valence-corrected chi connectivity index (χ0v) is 23.9. The lowest BCUT2D eigenvalue weighted by molar-refractivity contribution is 0.0601. The molecule has 3 aromatic carbocycles. The average Bonchev–Trinajstić information content (AvgIpc) is 3.39. The summed E-state index contributed by atoms with van der Waals surface area (Å²) in [4.78, 5) is 26.4. The maximum atomic E-state index is 13.1. The van der Waals surface area contributed by atoms with Gasteiger partial charge in [0.1, 0.15) is 23.2 Å². The second-order valence-corrected chi connectivity index (χ2v) is 11.8. The number of sulfonamides is 1. The zero-order chi connectivity index (χ0) is 29.1. The first kappa shape index (κ1) is 28.5. The van der Waals surface area contributed by atoms with E-state index in [0.29, 0.717) is 38.6 Å². The molecule has 0 bridgehead atoms. The summed E-state index contributed by atoms with van der Waals surface area (Å²) >= 11 is 1.40. The Kier molecular flexibility index (Phi) is 8.22. The second kappa shape index (κ2) is 11.8. The highest BCUT2D eigenvalue weighted by Crippen LogP contribution is 2.37. The van der Waals surface area contributed by atoms with Gasteiger partial charge in [-0.3, -0.25) is 4.98 Å². The Bertz CT molecular complexity index is 1860. The van der Waals surface area contributed by atoms with Crippen LogP contribution in [-0.4, -0.2) is 56.7 Å². The topological polar surface area (TPSA) is 130 Å². The summed E-state index contributed by atoms with van der Waals surface area (Å²) in [5, 5.41) is 0.636. The van der Waals surface area contributed by atoms with Crippen LogP contribution in [0, 0.1) is 12.7 Å². The summed E-state index contributed by atoms with van der Waals surface area (Å²) in [6.07, 6.45) is 1.63. The number of aromatic nitrogens is 3. The van der Waals surface area contributed by atoms with Crippen LogP contribution < -0.4 is 9.46 Å². The predicted octanol–water partition coefficient (Wildman–Crippen LogP) is 4.64. The van der Waals surface area contributed by atoms with Crippen LogP contribution in [0.5, 0.6) is 5.75 Å². The molecule has 5 rings (SSSR count). The fourth-order valence-corrected chi connectivity index (χ4v) is 6.29. The Morgan fingerprint density at radius 1 is 1.05 bits per heavy atom. The van der Waals surface area contributed by atoms with Gasteiger partial charge < -0.3 is 14.2 Å². The lowest BCUT2D eigenvalue weighted by Crippen LogP contribution is -2.28. The Morgan fingerprint density at radius 2 is 1.83 bits per heavy atom. The Hall–Kier alpha value is -4.04. The third-order valence-electron chi connectivity index (χ3n) is 6.09. The van der Waals surface area contributed by atoms with E-state index in [1.165, 1.54) is 30.6 Å². The minimum absolute atomic E-state index is 0.0147. The van der Waals surface area contributed by atoms with Crippen molar-refractivity contribution in [2.24, 2.45) is 0 Å². The zero-order valence-electron chi connectivity index (χ0n) is 22.3. The van der Waals surface area contributed by atoms with Crippen molar-refractivity contribution < 1.29 is 31.8 Å². The van der Waals surface area contributed by atoms with Crippen molar-refractivity contribution in [2.75, 3.05) is 27.4 Å². The highest BCUT2D eigenvalue weighted by molar-refractivity contribution is 7.89. The van der Waals surface area contributed by atoms with Gasteiger partial charge in [-0.1, -0.05) is 0 Å². The fourth-order valence-electron chi connectivity index (χ4n) is 4.18. The number of fused-ring (bicyclic) bond motifs is 2. The van der Waals surface area contributed by atoms with Gasteiger partial charge in [0.05, 0.1) is 57.3 Å². The molecule has 13 heteroatoms.